The van der Waals surface area contributed by atoms with Gasteiger partial charge in [0, 0.05) is 16.5 Å². The zero-order chi connectivity index (χ0) is 14.1. The van der Waals surface area contributed by atoms with Crippen LogP contribution in [0.2, 0.25) is 0 Å². The SMILES string of the molecule is Cc1cc(C)c(NC2CCOc3ccccc32)c(Br)c1. The van der Waals surface area contributed by atoms with Crippen molar-refractivity contribution in [2.45, 2.75) is 26.3 Å². The van der Waals surface area contributed by atoms with Crippen molar-refractivity contribution in [2.75, 3.05) is 11.9 Å². The first-order chi connectivity index (χ1) is 9.65. The summed E-state index contributed by atoms with van der Waals surface area (Å²) in [4.78, 5) is 0. The maximum absolute atomic E-state index is 5.72. The Morgan fingerprint density at radius 2 is 2.00 bits per heavy atom. The molecule has 1 unspecified atom stereocenters. The zero-order valence-electron chi connectivity index (χ0n) is 11.7. The number of nitrogens with one attached hydrogen (secondary N) is 1. The lowest BCUT2D eigenvalue weighted by Crippen LogP contribution is -2.20. The number of aryl methyl sites for hydroxylation is 2. The predicted octanol–water partition coefficient (Wildman–Crippen LogP) is 5.00. The molecule has 2 aromatic carbocycles. The van der Waals surface area contributed by atoms with Gasteiger partial charge in [-0.3, -0.25) is 0 Å². The molecule has 1 heterocycles. The second-order valence-electron chi connectivity index (χ2n) is 5.31. The van der Waals surface area contributed by atoms with Crippen LogP contribution in [0.3, 0.4) is 0 Å². The van der Waals surface area contributed by atoms with Crippen molar-refractivity contribution in [3.8, 4) is 5.75 Å². The van der Waals surface area contributed by atoms with E-state index in [1.54, 1.807) is 0 Å². The minimum atomic E-state index is 0.303. The summed E-state index contributed by atoms with van der Waals surface area (Å²) in [7, 11) is 0. The molecular formula is C17H18BrNO. The molecule has 3 heteroatoms. The maximum Gasteiger partial charge on any atom is 0.124 e. The number of ether oxygens (including phenoxy) is 1. The number of fused-ring (bicyclic) bond motifs is 1. The van der Waals surface area contributed by atoms with Crippen LogP contribution in [-0.2, 0) is 0 Å². The molecule has 3 rings (SSSR count). The maximum atomic E-state index is 5.72. The molecule has 0 bridgehead atoms. The number of benzene rings is 2. The molecule has 20 heavy (non-hydrogen) atoms. The first-order valence-corrected chi connectivity index (χ1v) is 7.69. The molecule has 1 aliphatic heterocycles. The van der Waals surface area contributed by atoms with Crippen molar-refractivity contribution < 1.29 is 4.74 Å². The van der Waals surface area contributed by atoms with Crippen LogP contribution in [0.15, 0.2) is 40.9 Å². The van der Waals surface area contributed by atoms with Crippen LogP contribution < -0.4 is 10.1 Å². The molecule has 0 spiro atoms. The Balaban J connectivity index is 1.94. The van der Waals surface area contributed by atoms with Crippen molar-refractivity contribution >= 4 is 21.6 Å². The highest BCUT2D eigenvalue weighted by atomic mass is 79.9. The molecule has 2 aromatic rings. The van der Waals surface area contributed by atoms with Crippen LogP contribution in [0.1, 0.15) is 29.2 Å². The third-order valence-electron chi connectivity index (χ3n) is 3.71. The van der Waals surface area contributed by atoms with Gasteiger partial charge in [-0.2, -0.15) is 0 Å². The summed E-state index contributed by atoms with van der Waals surface area (Å²) in [5, 5.41) is 3.67. The fourth-order valence-electron chi connectivity index (χ4n) is 2.76. The average molecular weight is 332 g/mol. The summed E-state index contributed by atoms with van der Waals surface area (Å²) in [6, 6.07) is 12.9. The van der Waals surface area contributed by atoms with E-state index in [9.17, 15) is 0 Å². The van der Waals surface area contributed by atoms with E-state index in [2.05, 4.69) is 59.4 Å². The quantitative estimate of drug-likeness (QED) is 0.835. The Morgan fingerprint density at radius 1 is 1.20 bits per heavy atom. The van der Waals surface area contributed by atoms with Crippen molar-refractivity contribution in [3.63, 3.8) is 0 Å². The minimum absolute atomic E-state index is 0.303. The largest absolute Gasteiger partial charge is 0.493 e. The molecular weight excluding hydrogens is 314 g/mol. The normalized spacial score (nSPS) is 17.2. The first-order valence-electron chi connectivity index (χ1n) is 6.90. The van der Waals surface area contributed by atoms with E-state index in [1.807, 2.05) is 12.1 Å². The fourth-order valence-corrected chi connectivity index (χ4v) is 3.55. The van der Waals surface area contributed by atoms with Gasteiger partial charge in [0.25, 0.3) is 0 Å². The molecule has 1 atom stereocenters. The molecule has 0 saturated carbocycles. The second-order valence-corrected chi connectivity index (χ2v) is 6.16. The molecule has 0 aromatic heterocycles. The van der Waals surface area contributed by atoms with Gasteiger partial charge < -0.3 is 10.1 Å². The van der Waals surface area contributed by atoms with E-state index in [-0.39, 0.29) is 0 Å². The number of anilines is 1. The first kappa shape index (κ1) is 13.5. The number of para-hydroxylation sites is 1. The van der Waals surface area contributed by atoms with Crippen molar-refractivity contribution in [1.29, 1.82) is 0 Å². The van der Waals surface area contributed by atoms with Gasteiger partial charge in [-0.05, 0) is 53.0 Å². The van der Waals surface area contributed by atoms with Crippen molar-refractivity contribution in [1.82, 2.24) is 0 Å². The molecule has 0 amide bonds. The molecule has 0 saturated heterocycles. The molecule has 0 radical (unpaired) electrons. The minimum Gasteiger partial charge on any atom is -0.493 e. The lowest BCUT2D eigenvalue weighted by molar-refractivity contribution is 0.274. The molecule has 2 nitrogen and oxygen atoms in total. The molecule has 0 aliphatic carbocycles. The summed E-state index contributed by atoms with van der Waals surface area (Å²) >= 11 is 3.67. The Labute approximate surface area is 128 Å². The van der Waals surface area contributed by atoms with Gasteiger partial charge in [0.05, 0.1) is 18.3 Å². The third-order valence-corrected chi connectivity index (χ3v) is 4.33. The summed E-state index contributed by atoms with van der Waals surface area (Å²) in [5.41, 5.74) is 4.95. The number of hydrogen-bond acceptors (Lipinski definition) is 2. The summed E-state index contributed by atoms with van der Waals surface area (Å²) < 4.78 is 6.84. The molecule has 1 N–H and O–H groups in total. The van der Waals surface area contributed by atoms with Gasteiger partial charge in [-0.1, -0.05) is 24.3 Å². The molecule has 0 fully saturated rings. The van der Waals surface area contributed by atoms with Crippen LogP contribution in [0.25, 0.3) is 0 Å². The smallest absolute Gasteiger partial charge is 0.124 e. The number of rotatable bonds is 2. The van der Waals surface area contributed by atoms with Crippen LogP contribution in [0, 0.1) is 13.8 Å². The van der Waals surface area contributed by atoms with Crippen molar-refractivity contribution in [2.24, 2.45) is 0 Å². The van der Waals surface area contributed by atoms with Gasteiger partial charge in [0.1, 0.15) is 5.75 Å². The van der Waals surface area contributed by atoms with E-state index >= 15 is 0 Å². The van der Waals surface area contributed by atoms with Crippen LogP contribution in [-0.4, -0.2) is 6.61 Å². The highest BCUT2D eigenvalue weighted by Gasteiger charge is 2.22. The number of halogens is 1. The van der Waals surface area contributed by atoms with E-state index in [0.717, 1.165) is 23.2 Å². The zero-order valence-corrected chi connectivity index (χ0v) is 13.3. The molecule has 1 aliphatic rings. The summed E-state index contributed by atoms with van der Waals surface area (Å²) in [6.07, 6.45) is 0.983. The van der Waals surface area contributed by atoms with Gasteiger partial charge in [0.15, 0.2) is 0 Å². The third kappa shape index (κ3) is 2.55. The highest BCUT2D eigenvalue weighted by molar-refractivity contribution is 9.10. The van der Waals surface area contributed by atoms with E-state index in [4.69, 9.17) is 4.74 Å². The standard InChI is InChI=1S/C17H18BrNO/c1-11-9-12(2)17(14(18)10-11)19-15-7-8-20-16-6-4-3-5-13(15)16/h3-6,9-10,15,19H,7-8H2,1-2H3. The Kier molecular flexibility index (Phi) is 3.70. The Bertz CT molecular complexity index is 616. The lowest BCUT2D eigenvalue weighted by atomic mass is 9.99. The van der Waals surface area contributed by atoms with Crippen LogP contribution in [0.5, 0.6) is 5.75 Å². The van der Waals surface area contributed by atoms with Gasteiger partial charge in [-0.15, -0.1) is 0 Å². The van der Waals surface area contributed by atoms with Crippen LogP contribution in [0.4, 0.5) is 5.69 Å². The fraction of sp³-hybridized carbons (Fsp3) is 0.294. The number of hydrogen-bond donors (Lipinski definition) is 1. The predicted molar refractivity (Wildman–Crippen MR) is 86.5 cm³/mol. The Morgan fingerprint density at radius 3 is 2.80 bits per heavy atom. The highest BCUT2D eigenvalue weighted by Crippen LogP contribution is 2.37. The van der Waals surface area contributed by atoms with Crippen molar-refractivity contribution in [3.05, 3.63) is 57.6 Å². The average Bonchev–Trinajstić information content (AvgIpc) is 2.43. The van der Waals surface area contributed by atoms with E-state index in [1.165, 1.54) is 22.4 Å². The molecule has 104 valence electrons. The lowest BCUT2D eigenvalue weighted by Gasteiger charge is -2.28. The van der Waals surface area contributed by atoms with Crippen LogP contribution >= 0.6 is 15.9 Å². The topological polar surface area (TPSA) is 21.3 Å². The van der Waals surface area contributed by atoms with Gasteiger partial charge in [-0.25, -0.2) is 0 Å². The monoisotopic (exact) mass is 331 g/mol. The Hall–Kier alpha value is -1.48. The van der Waals surface area contributed by atoms with E-state index in [0.29, 0.717) is 6.04 Å². The summed E-state index contributed by atoms with van der Waals surface area (Å²) in [6.45, 7) is 5.02. The van der Waals surface area contributed by atoms with Gasteiger partial charge in [0.2, 0.25) is 0 Å². The van der Waals surface area contributed by atoms with E-state index < -0.39 is 0 Å². The summed E-state index contributed by atoms with van der Waals surface area (Å²) in [5.74, 6) is 0.997. The second kappa shape index (κ2) is 5.49. The van der Waals surface area contributed by atoms with Gasteiger partial charge >= 0.3 is 0 Å².